The number of fused-ring (bicyclic) bond motifs is 2. The molecule has 146 valence electrons. The minimum Gasteiger partial charge on any atom is -0.355 e. The van der Waals surface area contributed by atoms with Crippen LogP contribution in [-0.2, 0) is 21.4 Å². The zero-order chi connectivity index (χ0) is 17.7. The van der Waals surface area contributed by atoms with Gasteiger partial charge in [0.15, 0.2) is 0 Å². The van der Waals surface area contributed by atoms with Crippen LogP contribution in [0, 0.1) is 5.92 Å². The molecule has 0 aliphatic carbocycles. The molecule has 2 fully saturated rings. The van der Waals surface area contributed by atoms with Gasteiger partial charge in [-0.25, -0.2) is 13.1 Å². The van der Waals surface area contributed by atoms with Gasteiger partial charge in [-0.3, -0.25) is 4.79 Å². The van der Waals surface area contributed by atoms with Crippen LogP contribution in [0.25, 0.3) is 0 Å². The first-order valence-corrected chi connectivity index (χ1v) is 10.7. The predicted molar refractivity (Wildman–Crippen MR) is 105 cm³/mol. The molecule has 0 radical (unpaired) electrons. The first kappa shape index (κ1) is 21.2. The van der Waals surface area contributed by atoms with E-state index in [2.05, 4.69) is 15.4 Å². The van der Waals surface area contributed by atoms with Crippen LogP contribution in [0.3, 0.4) is 0 Å². The van der Waals surface area contributed by atoms with E-state index in [0.29, 0.717) is 24.4 Å². The number of hydrogen-bond acceptors (Lipinski definition) is 4. The summed E-state index contributed by atoms with van der Waals surface area (Å²) in [4.78, 5) is 12.1. The third kappa shape index (κ3) is 6.54. The lowest BCUT2D eigenvalue weighted by Gasteiger charge is -2.28. The van der Waals surface area contributed by atoms with E-state index in [9.17, 15) is 13.2 Å². The maximum Gasteiger partial charge on any atom is 0.220 e. The number of benzene rings is 1. The summed E-state index contributed by atoms with van der Waals surface area (Å²) in [5.74, 6) is 0.291. The first-order valence-electron chi connectivity index (χ1n) is 9.04. The van der Waals surface area contributed by atoms with Crippen LogP contribution in [0.1, 0.15) is 37.7 Å². The van der Waals surface area contributed by atoms with E-state index in [-0.39, 0.29) is 37.2 Å². The summed E-state index contributed by atoms with van der Waals surface area (Å²) in [7, 11) is -3.39. The molecule has 1 amide bonds. The van der Waals surface area contributed by atoms with Crippen LogP contribution in [0.15, 0.2) is 30.3 Å². The number of sulfonamides is 1. The molecule has 1 aromatic carbocycles. The molecular formula is C18H28ClN3O3S. The summed E-state index contributed by atoms with van der Waals surface area (Å²) in [6.45, 7) is 0.426. The van der Waals surface area contributed by atoms with Gasteiger partial charge in [-0.15, -0.1) is 12.4 Å². The molecular weight excluding hydrogens is 374 g/mol. The highest BCUT2D eigenvalue weighted by Gasteiger charge is 2.34. The zero-order valence-corrected chi connectivity index (χ0v) is 16.4. The lowest BCUT2D eigenvalue weighted by Crippen LogP contribution is -2.40. The standard InChI is InChI=1S/C18H27N3O3S.ClH/c22-18(12-15-10-16-6-7-17(11-15)21-16)19-8-9-25(23,24)20-13-14-4-2-1-3-5-14;/h1-5,15-17,20-21H,6-13H2,(H,19,22);1H. The minimum absolute atomic E-state index is 0. The van der Waals surface area contributed by atoms with Crippen LogP contribution in [0.5, 0.6) is 0 Å². The molecule has 2 saturated heterocycles. The number of hydrogen-bond donors (Lipinski definition) is 3. The van der Waals surface area contributed by atoms with E-state index < -0.39 is 10.0 Å². The fourth-order valence-corrected chi connectivity index (χ4v) is 4.76. The lowest BCUT2D eigenvalue weighted by molar-refractivity contribution is -0.122. The molecule has 3 N–H and O–H groups in total. The monoisotopic (exact) mass is 401 g/mol. The normalized spacial score (nSPS) is 24.7. The van der Waals surface area contributed by atoms with Crippen molar-refractivity contribution in [3.8, 4) is 0 Å². The van der Waals surface area contributed by atoms with Crippen LogP contribution in [-0.4, -0.2) is 38.7 Å². The highest BCUT2D eigenvalue weighted by molar-refractivity contribution is 7.89. The molecule has 1 aromatic rings. The van der Waals surface area contributed by atoms with Crippen LogP contribution in [0.2, 0.25) is 0 Å². The maximum absolute atomic E-state index is 12.1. The van der Waals surface area contributed by atoms with E-state index in [1.807, 2.05) is 30.3 Å². The Morgan fingerprint density at radius 3 is 2.42 bits per heavy atom. The summed E-state index contributed by atoms with van der Waals surface area (Å²) in [5.41, 5.74) is 0.913. The number of amides is 1. The Morgan fingerprint density at radius 1 is 1.12 bits per heavy atom. The van der Waals surface area contributed by atoms with E-state index >= 15 is 0 Å². The van der Waals surface area contributed by atoms with E-state index in [4.69, 9.17) is 0 Å². The predicted octanol–water partition coefficient (Wildman–Crippen LogP) is 1.56. The lowest BCUT2D eigenvalue weighted by atomic mass is 9.89. The van der Waals surface area contributed by atoms with Gasteiger partial charge in [0.1, 0.15) is 0 Å². The van der Waals surface area contributed by atoms with Crippen molar-refractivity contribution in [1.29, 1.82) is 0 Å². The second-order valence-corrected chi connectivity index (χ2v) is 9.08. The van der Waals surface area contributed by atoms with Crippen LogP contribution in [0.4, 0.5) is 0 Å². The minimum atomic E-state index is -3.39. The van der Waals surface area contributed by atoms with Crippen molar-refractivity contribution < 1.29 is 13.2 Å². The molecule has 3 rings (SSSR count). The largest absolute Gasteiger partial charge is 0.355 e. The fourth-order valence-electron chi connectivity index (χ4n) is 3.86. The maximum atomic E-state index is 12.1. The number of carbonyl (C=O) groups is 1. The topological polar surface area (TPSA) is 87.3 Å². The van der Waals surface area contributed by atoms with Gasteiger partial charge >= 0.3 is 0 Å². The Bertz CT molecular complexity index is 672. The van der Waals surface area contributed by atoms with Gasteiger partial charge in [0.25, 0.3) is 0 Å². The zero-order valence-electron chi connectivity index (χ0n) is 14.8. The molecule has 2 heterocycles. The highest BCUT2D eigenvalue weighted by atomic mass is 35.5. The quantitative estimate of drug-likeness (QED) is 0.617. The van der Waals surface area contributed by atoms with E-state index in [1.54, 1.807) is 0 Å². The van der Waals surface area contributed by atoms with Crippen molar-refractivity contribution in [2.45, 2.75) is 50.7 Å². The third-order valence-corrected chi connectivity index (χ3v) is 6.40. The molecule has 0 aromatic heterocycles. The highest BCUT2D eigenvalue weighted by Crippen LogP contribution is 2.32. The Hall–Kier alpha value is -1.15. The Kier molecular flexibility index (Phi) is 7.88. The SMILES string of the molecule is Cl.O=C(CC1CC2CCC(C1)N2)NCCS(=O)(=O)NCc1ccccc1. The van der Waals surface area contributed by atoms with Gasteiger partial charge in [0.05, 0.1) is 5.75 Å². The summed E-state index contributed by atoms with van der Waals surface area (Å²) >= 11 is 0. The van der Waals surface area contributed by atoms with Crippen molar-refractivity contribution >= 4 is 28.3 Å². The average Bonchev–Trinajstić information content (AvgIpc) is 2.92. The number of carbonyl (C=O) groups excluding carboxylic acids is 1. The number of nitrogens with one attached hydrogen (secondary N) is 3. The summed E-state index contributed by atoms with van der Waals surface area (Å²) in [5, 5.41) is 6.32. The summed E-state index contributed by atoms with van der Waals surface area (Å²) in [6, 6.07) is 10.5. The van der Waals surface area contributed by atoms with Crippen LogP contribution < -0.4 is 15.4 Å². The molecule has 6 nitrogen and oxygen atoms in total. The molecule has 0 spiro atoms. The van der Waals surface area contributed by atoms with Gasteiger partial charge in [0, 0.05) is 31.6 Å². The average molecular weight is 402 g/mol. The van der Waals surface area contributed by atoms with Crippen LogP contribution >= 0.6 is 12.4 Å². The number of halogens is 1. The summed E-state index contributed by atoms with van der Waals surface area (Å²) < 4.78 is 26.6. The Labute approximate surface area is 162 Å². The molecule has 26 heavy (non-hydrogen) atoms. The molecule has 8 heteroatoms. The third-order valence-electron chi connectivity index (χ3n) is 5.08. The van der Waals surface area contributed by atoms with Gasteiger partial charge in [-0.1, -0.05) is 30.3 Å². The molecule has 2 unspecified atom stereocenters. The van der Waals surface area contributed by atoms with Gasteiger partial charge < -0.3 is 10.6 Å². The first-order chi connectivity index (χ1) is 12.0. The smallest absolute Gasteiger partial charge is 0.220 e. The van der Waals surface area contributed by atoms with Crippen molar-refractivity contribution in [1.82, 2.24) is 15.4 Å². The molecule has 2 atom stereocenters. The molecule has 2 aliphatic rings. The van der Waals surface area contributed by atoms with Crippen molar-refractivity contribution in [3.63, 3.8) is 0 Å². The molecule has 2 aliphatic heterocycles. The number of piperidine rings is 1. The second-order valence-electron chi connectivity index (χ2n) is 7.15. The van der Waals surface area contributed by atoms with Crippen molar-refractivity contribution in [2.24, 2.45) is 5.92 Å². The van der Waals surface area contributed by atoms with Gasteiger partial charge in [-0.2, -0.15) is 0 Å². The molecule has 2 bridgehead atoms. The molecule has 0 saturated carbocycles. The van der Waals surface area contributed by atoms with E-state index in [0.717, 1.165) is 18.4 Å². The Morgan fingerprint density at radius 2 is 1.77 bits per heavy atom. The second kappa shape index (κ2) is 9.69. The summed E-state index contributed by atoms with van der Waals surface area (Å²) in [6.07, 6.45) is 5.05. The van der Waals surface area contributed by atoms with Gasteiger partial charge in [-0.05, 0) is 37.2 Å². The van der Waals surface area contributed by atoms with Crippen molar-refractivity contribution in [3.05, 3.63) is 35.9 Å². The fraction of sp³-hybridized carbons (Fsp3) is 0.611. The number of rotatable bonds is 8. The van der Waals surface area contributed by atoms with Crippen molar-refractivity contribution in [2.75, 3.05) is 12.3 Å². The van der Waals surface area contributed by atoms with E-state index in [1.165, 1.54) is 12.8 Å². The Balaban J connectivity index is 0.00000243. The van der Waals surface area contributed by atoms with Gasteiger partial charge in [0.2, 0.25) is 15.9 Å².